The summed E-state index contributed by atoms with van der Waals surface area (Å²) in [5.41, 5.74) is 3.31. The molecule has 0 aliphatic rings. The first-order valence-electron chi connectivity index (χ1n) is 6.11. The topological polar surface area (TPSA) is 81.0 Å². The number of para-hydroxylation sites is 1. The van der Waals surface area contributed by atoms with Crippen molar-refractivity contribution < 1.29 is 4.92 Å². The smallest absolute Gasteiger partial charge is 0.292 e. The van der Waals surface area contributed by atoms with E-state index < -0.39 is 0 Å². The van der Waals surface area contributed by atoms with Gasteiger partial charge in [-0.3, -0.25) is 10.1 Å². The van der Waals surface area contributed by atoms with Crippen molar-refractivity contribution in [1.82, 2.24) is 10.2 Å². The van der Waals surface area contributed by atoms with E-state index in [1.807, 2.05) is 13.0 Å². The van der Waals surface area contributed by atoms with Gasteiger partial charge in [0.15, 0.2) is 4.34 Å². The van der Waals surface area contributed by atoms with E-state index in [2.05, 4.69) is 15.5 Å². The van der Waals surface area contributed by atoms with E-state index >= 15 is 0 Å². The van der Waals surface area contributed by atoms with Gasteiger partial charge in [0.25, 0.3) is 5.69 Å². The number of hydrogen-bond acceptors (Lipinski definition) is 7. The summed E-state index contributed by atoms with van der Waals surface area (Å²) < 4.78 is 0.859. The predicted octanol–water partition coefficient (Wildman–Crippen LogP) is 3.56. The number of nitro benzene ring substituents is 1. The van der Waals surface area contributed by atoms with Crippen molar-refractivity contribution in [3.05, 3.63) is 39.4 Å². The van der Waals surface area contributed by atoms with Crippen LogP contribution in [0.15, 0.2) is 28.0 Å². The summed E-state index contributed by atoms with van der Waals surface area (Å²) in [6, 6.07) is 5.14. The van der Waals surface area contributed by atoms with Gasteiger partial charge in [0.05, 0.1) is 4.92 Å². The first kappa shape index (κ1) is 14.7. The summed E-state index contributed by atoms with van der Waals surface area (Å²) in [4.78, 5) is 10.8. The van der Waals surface area contributed by atoms with Crippen molar-refractivity contribution in [2.45, 2.75) is 23.4 Å². The number of nitrogens with zero attached hydrogens (tertiary/aromatic N) is 3. The number of anilines is 1. The van der Waals surface area contributed by atoms with Crippen molar-refractivity contribution in [3.8, 4) is 0 Å². The van der Waals surface area contributed by atoms with Crippen LogP contribution < -0.4 is 5.32 Å². The van der Waals surface area contributed by atoms with Crippen LogP contribution in [0.4, 0.5) is 11.4 Å². The molecule has 1 N–H and O–H groups in total. The second-order valence-corrected chi connectivity index (χ2v) is 6.04. The molecule has 0 bridgehead atoms. The lowest BCUT2D eigenvalue weighted by Crippen LogP contribution is -2.06. The van der Waals surface area contributed by atoms with Crippen LogP contribution in [-0.2, 0) is 5.75 Å². The molecule has 0 aliphatic heterocycles. The number of nitrogens with one attached hydrogen (secondary N) is 1. The van der Waals surface area contributed by atoms with E-state index in [1.165, 1.54) is 29.2 Å². The molecule has 0 spiro atoms. The number of aromatic nitrogens is 2. The molecule has 0 unspecified atom stereocenters. The van der Waals surface area contributed by atoms with Gasteiger partial charge < -0.3 is 5.32 Å². The maximum atomic E-state index is 11.1. The molecular formula is C12H14N4O2S2. The Balaban J connectivity index is 2.21. The van der Waals surface area contributed by atoms with E-state index in [9.17, 15) is 10.1 Å². The number of thioether (sulfide) groups is 1. The number of nitro groups is 1. The Hall–Kier alpha value is -1.67. The van der Waals surface area contributed by atoms with Crippen LogP contribution >= 0.6 is 23.1 Å². The fourth-order valence-electron chi connectivity index (χ4n) is 1.68. The number of benzene rings is 1. The minimum Gasteiger partial charge on any atom is -0.379 e. The highest BCUT2D eigenvalue weighted by atomic mass is 32.2. The zero-order chi connectivity index (χ0) is 14.4. The molecule has 0 atom stereocenters. The summed E-state index contributed by atoms with van der Waals surface area (Å²) in [7, 11) is 0. The van der Waals surface area contributed by atoms with Crippen LogP contribution in [0.5, 0.6) is 0 Å². The second-order valence-electron chi connectivity index (χ2n) is 3.99. The molecule has 8 heteroatoms. The van der Waals surface area contributed by atoms with Crippen molar-refractivity contribution in [1.29, 1.82) is 0 Å². The van der Waals surface area contributed by atoms with E-state index in [4.69, 9.17) is 0 Å². The molecule has 2 rings (SSSR count). The SMILES string of the molecule is CCCNc1c(CSc2nncs2)cccc1[N+](=O)[O-]. The lowest BCUT2D eigenvalue weighted by Gasteiger charge is -2.11. The normalized spacial score (nSPS) is 10.4. The minimum absolute atomic E-state index is 0.119. The molecule has 1 aromatic heterocycles. The minimum atomic E-state index is -0.350. The zero-order valence-electron chi connectivity index (χ0n) is 10.9. The lowest BCUT2D eigenvalue weighted by atomic mass is 10.1. The Morgan fingerprint density at radius 1 is 1.50 bits per heavy atom. The Kier molecular flexibility index (Phi) is 5.31. The summed E-state index contributed by atoms with van der Waals surface area (Å²) in [5, 5.41) is 22.0. The van der Waals surface area contributed by atoms with E-state index in [0.717, 1.165) is 16.3 Å². The van der Waals surface area contributed by atoms with Crippen LogP contribution in [0.3, 0.4) is 0 Å². The van der Waals surface area contributed by atoms with Crippen molar-refractivity contribution >= 4 is 34.5 Å². The van der Waals surface area contributed by atoms with Gasteiger partial charge in [0, 0.05) is 18.4 Å². The lowest BCUT2D eigenvalue weighted by molar-refractivity contribution is -0.384. The Bertz CT molecular complexity index is 575. The first-order valence-corrected chi connectivity index (χ1v) is 7.98. The highest BCUT2D eigenvalue weighted by molar-refractivity contribution is 8.00. The molecule has 0 saturated heterocycles. The Morgan fingerprint density at radius 3 is 3.00 bits per heavy atom. The van der Waals surface area contributed by atoms with Crippen LogP contribution in [0, 0.1) is 10.1 Å². The van der Waals surface area contributed by atoms with Crippen LogP contribution in [0.25, 0.3) is 0 Å². The summed E-state index contributed by atoms with van der Waals surface area (Å²) >= 11 is 2.99. The average Bonchev–Trinajstić information content (AvgIpc) is 2.96. The summed E-state index contributed by atoms with van der Waals surface area (Å²) in [5.74, 6) is 0.628. The molecular weight excluding hydrogens is 296 g/mol. The van der Waals surface area contributed by atoms with Gasteiger partial charge >= 0.3 is 0 Å². The molecule has 1 aromatic carbocycles. The molecule has 106 valence electrons. The molecule has 2 aromatic rings. The molecule has 6 nitrogen and oxygen atoms in total. The third-order valence-electron chi connectivity index (χ3n) is 2.57. The standard InChI is InChI=1S/C12H14N4O2S2/c1-2-6-13-11-9(4-3-5-10(11)16(17)18)7-19-12-15-14-8-20-12/h3-5,8,13H,2,6-7H2,1H3. The van der Waals surface area contributed by atoms with E-state index in [0.29, 0.717) is 18.0 Å². The van der Waals surface area contributed by atoms with Crippen molar-refractivity contribution in [2.24, 2.45) is 0 Å². The first-order chi connectivity index (χ1) is 9.72. The third-order valence-corrected chi connectivity index (χ3v) is 4.48. The molecule has 0 amide bonds. The second kappa shape index (κ2) is 7.20. The molecule has 0 fully saturated rings. The van der Waals surface area contributed by atoms with Crippen LogP contribution in [0.1, 0.15) is 18.9 Å². The quantitative estimate of drug-likeness (QED) is 0.478. The van der Waals surface area contributed by atoms with Gasteiger partial charge in [-0.1, -0.05) is 42.2 Å². The van der Waals surface area contributed by atoms with Crippen molar-refractivity contribution in [2.75, 3.05) is 11.9 Å². The highest BCUT2D eigenvalue weighted by Crippen LogP contribution is 2.33. The summed E-state index contributed by atoms with van der Waals surface area (Å²) in [6.07, 6.45) is 0.912. The van der Waals surface area contributed by atoms with Gasteiger partial charge in [-0.2, -0.15) is 0 Å². The van der Waals surface area contributed by atoms with Crippen LogP contribution in [0.2, 0.25) is 0 Å². The highest BCUT2D eigenvalue weighted by Gasteiger charge is 2.17. The third kappa shape index (κ3) is 3.67. The maximum absolute atomic E-state index is 11.1. The maximum Gasteiger partial charge on any atom is 0.292 e. The van der Waals surface area contributed by atoms with E-state index in [1.54, 1.807) is 11.6 Å². The van der Waals surface area contributed by atoms with Gasteiger partial charge in [-0.05, 0) is 12.0 Å². The fourth-order valence-corrected chi connectivity index (χ4v) is 3.16. The average molecular weight is 310 g/mol. The summed E-state index contributed by atoms with van der Waals surface area (Å²) in [6.45, 7) is 2.73. The molecule has 0 saturated carbocycles. The Labute approximate surface area is 124 Å². The van der Waals surface area contributed by atoms with Gasteiger partial charge in [-0.15, -0.1) is 10.2 Å². The fraction of sp³-hybridized carbons (Fsp3) is 0.333. The number of hydrogen-bond donors (Lipinski definition) is 1. The van der Waals surface area contributed by atoms with Crippen molar-refractivity contribution in [3.63, 3.8) is 0 Å². The van der Waals surface area contributed by atoms with Gasteiger partial charge in [-0.25, -0.2) is 0 Å². The Morgan fingerprint density at radius 2 is 2.35 bits per heavy atom. The molecule has 0 radical (unpaired) electrons. The predicted molar refractivity (Wildman–Crippen MR) is 81.3 cm³/mol. The molecule has 20 heavy (non-hydrogen) atoms. The van der Waals surface area contributed by atoms with Gasteiger partial charge in [0.2, 0.25) is 0 Å². The molecule has 0 aliphatic carbocycles. The zero-order valence-corrected chi connectivity index (χ0v) is 12.5. The monoisotopic (exact) mass is 310 g/mol. The van der Waals surface area contributed by atoms with Crippen LogP contribution in [-0.4, -0.2) is 21.7 Å². The number of rotatable bonds is 7. The largest absolute Gasteiger partial charge is 0.379 e. The van der Waals surface area contributed by atoms with E-state index in [-0.39, 0.29) is 10.6 Å². The molecule has 1 heterocycles. The van der Waals surface area contributed by atoms with Gasteiger partial charge in [0.1, 0.15) is 11.2 Å².